The van der Waals surface area contributed by atoms with E-state index in [0.717, 1.165) is 48.7 Å². The molecule has 1 amide bonds. The zero-order valence-corrected chi connectivity index (χ0v) is 19.4. The molecule has 1 aliphatic heterocycles. The molecular formula is C27H32N4O2. The largest absolute Gasteiger partial charge is 0.494 e. The number of benzene rings is 2. The van der Waals surface area contributed by atoms with Crippen LogP contribution in [0.5, 0.6) is 5.75 Å². The third-order valence-electron chi connectivity index (χ3n) is 5.73. The van der Waals surface area contributed by atoms with Gasteiger partial charge in [-0.05, 0) is 55.8 Å². The van der Waals surface area contributed by atoms with Gasteiger partial charge in [-0.15, -0.1) is 0 Å². The molecule has 0 spiro atoms. The van der Waals surface area contributed by atoms with Crippen molar-refractivity contribution in [2.75, 3.05) is 26.2 Å². The van der Waals surface area contributed by atoms with Crippen LogP contribution < -0.4 is 15.4 Å². The Morgan fingerprint density at radius 3 is 2.85 bits per heavy atom. The number of hydrogen-bond acceptors (Lipinski definition) is 5. The smallest absolute Gasteiger partial charge is 0.251 e. The molecule has 172 valence electrons. The van der Waals surface area contributed by atoms with Crippen molar-refractivity contribution in [3.8, 4) is 17.0 Å². The summed E-state index contributed by atoms with van der Waals surface area (Å²) in [5.41, 5.74) is 4.71. The number of nitrogens with zero attached hydrogens (tertiary/aromatic N) is 2. The highest BCUT2D eigenvalue weighted by Gasteiger charge is 2.16. The van der Waals surface area contributed by atoms with Gasteiger partial charge in [0.2, 0.25) is 0 Å². The van der Waals surface area contributed by atoms with Crippen molar-refractivity contribution >= 4 is 5.91 Å². The number of aromatic nitrogens is 1. The minimum absolute atomic E-state index is 0.118. The summed E-state index contributed by atoms with van der Waals surface area (Å²) < 4.78 is 5.49. The fraction of sp³-hybridized carbons (Fsp3) is 0.333. The third kappa shape index (κ3) is 6.40. The molecule has 2 N–H and O–H groups in total. The molecule has 0 saturated carbocycles. The van der Waals surface area contributed by atoms with Crippen LogP contribution >= 0.6 is 0 Å². The topological polar surface area (TPSA) is 66.5 Å². The molecule has 1 aliphatic rings. The summed E-state index contributed by atoms with van der Waals surface area (Å²) in [5, 5.41) is 6.49. The molecular weight excluding hydrogens is 412 g/mol. The highest BCUT2D eigenvalue weighted by molar-refractivity contribution is 5.94. The van der Waals surface area contributed by atoms with E-state index in [-0.39, 0.29) is 5.91 Å². The summed E-state index contributed by atoms with van der Waals surface area (Å²) in [6.07, 6.45) is 0. The zero-order chi connectivity index (χ0) is 23.0. The highest BCUT2D eigenvalue weighted by atomic mass is 16.5. The van der Waals surface area contributed by atoms with Crippen LogP contribution in [0.1, 0.15) is 35.5 Å². The molecule has 1 fully saturated rings. The number of carbonyl (C=O) groups excluding carboxylic acids is 1. The van der Waals surface area contributed by atoms with Gasteiger partial charge in [0.25, 0.3) is 5.91 Å². The lowest BCUT2D eigenvalue weighted by Crippen LogP contribution is -2.48. The number of rotatable bonds is 8. The van der Waals surface area contributed by atoms with E-state index in [1.54, 1.807) is 12.1 Å². The lowest BCUT2D eigenvalue weighted by Gasteiger charge is -2.31. The highest BCUT2D eigenvalue weighted by Crippen LogP contribution is 2.20. The first-order valence-electron chi connectivity index (χ1n) is 11.6. The molecule has 0 bridgehead atoms. The molecule has 0 aliphatic carbocycles. The Kier molecular flexibility index (Phi) is 7.70. The minimum atomic E-state index is -0.118. The SMILES string of the molecule is CCOc1cccc(C(=O)NCc2cccc(-c3cccc(CN4CCN[C@@H](C)C4)n3)c2)c1. The molecule has 0 unspecified atom stereocenters. The Bertz CT molecular complexity index is 1080. The van der Waals surface area contributed by atoms with Crippen LogP contribution in [0.3, 0.4) is 0 Å². The Morgan fingerprint density at radius 2 is 2.00 bits per heavy atom. The maximum absolute atomic E-state index is 12.6. The van der Waals surface area contributed by atoms with Crippen molar-refractivity contribution in [1.29, 1.82) is 0 Å². The number of piperazine rings is 1. The molecule has 0 radical (unpaired) electrons. The van der Waals surface area contributed by atoms with Gasteiger partial charge in [0.1, 0.15) is 5.75 Å². The Morgan fingerprint density at radius 1 is 1.15 bits per heavy atom. The van der Waals surface area contributed by atoms with E-state index in [2.05, 4.69) is 46.7 Å². The molecule has 6 nitrogen and oxygen atoms in total. The van der Waals surface area contributed by atoms with Gasteiger partial charge in [-0.2, -0.15) is 0 Å². The summed E-state index contributed by atoms with van der Waals surface area (Å²) in [6, 6.07) is 22.2. The molecule has 1 atom stereocenters. The lowest BCUT2D eigenvalue weighted by molar-refractivity contribution is 0.0950. The van der Waals surface area contributed by atoms with Crippen LogP contribution in [0.2, 0.25) is 0 Å². The van der Waals surface area contributed by atoms with Gasteiger partial charge in [-0.25, -0.2) is 0 Å². The summed E-state index contributed by atoms with van der Waals surface area (Å²) in [6.45, 7) is 9.12. The van der Waals surface area contributed by atoms with E-state index >= 15 is 0 Å². The summed E-state index contributed by atoms with van der Waals surface area (Å²) in [4.78, 5) is 20.0. The van der Waals surface area contributed by atoms with Gasteiger partial charge in [-0.3, -0.25) is 14.7 Å². The first kappa shape index (κ1) is 23.0. The van der Waals surface area contributed by atoms with Crippen LogP contribution in [0, 0.1) is 0 Å². The van der Waals surface area contributed by atoms with Gasteiger partial charge in [-0.1, -0.05) is 30.3 Å². The van der Waals surface area contributed by atoms with Crippen molar-refractivity contribution in [2.24, 2.45) is 0 Å². The fourth-order valence-electron chi connectivity index (χ4n) is 4.13. The molecule has 3 aromatic rings. The van der Waals surface area contributed by atoms with Crippen molar-refractivity contribution in [2.45, 2.75) is 33.0 Å². The van der Waals surface area contributed by atoms with E-state index in [4.69, 9.17) is 9.72 Å². The number of hydrogen-bond donors (Lipinski definition) is 2. The fourth-order valence-corrected chi connectivity index (χ4v) is 4.13. The first-order valence-corrected chi connectivity index (χ1v) is 11.6. The molecule has 33 heavy (non-hydrogen) atoms. The second kappa shape index (κ2) is 11.1. The van der Waals surface area contributed by atoms with Gasteiger partial charge < -0.3 is 15.4 Å². The Labute approximate surface area is 196 Å². The molecule has 6 heteroatoms. The molecule has 2 heterocycles. The van der Waals surface area contributed by atoms with E-state index in [1.807, 2.05) is 37.3 Å². The number of amides is 1. The average Bonchev–Trinajstić information content (AvgIpc) is 2.83. The number of carbonyl (C=O) groups is 1. The van der Waals surface area contributed by atoms with Crippen molar-refractivity contribution < 1.29 is 9.53 Å². The van der Waals surface area contributed by atoms with Crippen LogP contribution in [0.25, 0.3) is 11.3 Å². The van der Waals surface area contributed by atoms with Gasteiger partial charge in [0, 0.05) is 49.9 Å². The van der Waals surface area contributed by atoms with Gasteiger partial charge >= 0.3 is 0 Å². The van der Waals surface area contributed by atoms with E-state index in [1.165, 1.54) is 0 Å². The Hall–Kier alpha value is -3.22. The second-order valence-corrected chi connectivity index (χ2v) is 8.45. The van der Waals surface area contributed by atoms with Gasteiger partial charge in [0.05, 0.1) is 18.0 Å². The third-order valence-corrected chi connectivity index (χ3v) is 5.73. The minimum Gasteiger partial charge on any atom is -0.494 e. The van der Waals surface area contributed by atoms with Crippen LogP contribution in [-0.2, 0) is 13.1 Å². The normalized spacial score (nSPS) is 16.4. The zero-order valence-electron chi connectivity index (χ0n) is 19.4. The maximum atomic E-state index is 12.6. The first-order chi connectivity index (χ1) is 16.1. The number of ether oxygens (including phenoxy) is 1. The monoisotopic (exact) mass is 444 g/mol. The standard InChI is InChI=1S/C27H32N4O2/c1-3-33-25-11-5-9-23(16-25)27(32)29-17-21-7-4-8-22(15-21)26-12-6-10-24(30-26)19-31-14-13-28-20(2)18-31/h4-12,15-16,20,28H,3,13-14,17-19H2,1-2H3,(H,29,32)/t20-/m0/s1. The van der Waals surface area contributed by atoms with Crippen LogP contribution in [0.4, 0.5) is 0 Å². The van der Waals surface area contributed by atoms with E-state index < -0.39 is 0 Å². The van der Waals surface area contributed by atoms with Crippen LogP contribution in [-0.4, -0.2) is 48.1 Å². The molecule has 1 saturated heterocycles. The summed E-state index contributed by atoms with van der Waals surface area (Å²) in [7, 11) is 0. The predicted molar refractivity (Wildman–Crippen MR) is 131 cm³/mol. The predicted octanol–water partition coefficient (Wildman–Crippen LogP) is 3.87. The van der Waals surface area contributed by atoms with E-state index in [9.17, 15) is 4.79 Å². The Balaban J connectivity index is 1.40. The van der Waals surface area contributed by atoms with Gasteiger partial charge in [0.15, 0.2) is 0 Å². The number of nitrogens with one attached hydrogen (secondary N) is 2. The quantitative estimate of drug-likeness (QED) is 0.552. The molecule has 4 rings (SSSR count). The average molecular weight is 445 g/mol. The molecule has 1 aromatic heterocycles. The summed E-state index contributed by atoms with van der Waals surface area (Å²) in [5.74, 6) is 0.584. The van der Waals surface area contributed by atoms with Crippen molar-refractivity contribution in [3.05, 3.63) is 83.6 Å². The van der Waals surface area contributed by atoms with Crippen LogP contribution in [0.15, 0.2) is 66.7 Å². The summed E-state index contributed by atoms with van der Waals surface area (Å²) >= 11 is 0. The second-order valence-electron chi connectivity index (χ2n) is 8.45. The van der Waals surface area contributed by atoms with E-state index in [0.29, 0.717) is 30.5 Å². The molecule has 2 aromatic carbocycles. The van der Waals surface area contributed by atoms with Crippen molar-refractivity contribution in [3.63, 3.8) is 0 Å². The maximum Gasteiger partial charge on any atom is 0.251 e. The van der Waals surface area contributed by atoms with Crippen molar-refractivity contribution in [1.82, 2.24) is 20.5 Å². The lowest BCUT2D eigenvalue weighted by atomic mass is 10.1. The number of pyridine rings is 1.